The highest BCUT2D eigenvalue weighted by molar-refractivity contribution is 7.07. The van der Waals surface area contributed by atoms with Crippen LogP contribution >= 0.6 is 11.3 Å². The van der Waals surface area contributed by atoms with Crippen LogP contribution in [0.15, 0.2) is 41.1 Å². The molecule has 0 aliphatic carbocycles. The van der Waals surface area contributed by atoms with Crippen LogP contribution in [0.3, 0.4) is 0 Å². The highest BCUT2D eigenvalue weighted by Crippen LogP contribution is 2.27. The Hall–Kier alpha value is -1.83. The average Bonchev–Trinajstić information content (AvgIpc) is 2.98. The summed E-state index contributed by atoms with van der Waals surface area (Å²) < 4.78 is 5.98. The number of nitriles is 1. The van der Waals surface area contributed by atoms with E-state index in [0.29, 0.717) is 11.3 Å². The second-order valence-corrected chi connectivity index (χ2v) is 5.09. The van der Waals surface area contributed by atoms with E-state index in [-0.39, 0.29) is 12.1 Å². The Kier molecular flexibility index (Phi) is 4.56. The first-order valence-corrected chi connectivity index (χ1v) is 7.13. The molecule has 0 saturated heterocycles. The first-order valence-electron chi connectivity index (χ1n) is 6.19. The Morgan fingerprint density at radius 3 is 2.89 bits per heavy atom. The Morgan fingerprint density at radius 1 is 1.42 bits per heavy atom. The Balaban J connectivity index is 2.23. The molecule has 1 heterocycles. The van der Waals surface area contributed by atoms with Gasteiger partial charge in [0.1, 0.15) is 11.9 Å². The van der Waals surface area contributed by atoms with E-state index in [0.717, 1.165) is 12.0 Å². The van der Waals surface area contributed by atoms with Gasteiger partial charge in [0.15, 0.2) is 0 Å². The van der Waals surface area contributed by atoms with Crippen LogP contribution in [-0.4, -0.2) is 6.04 Å². The fraction of sp³-hybridized carbons (Fsp3) is 0.267. The number of nitrogens with two attached hydrogens (primary N) is 1. The number of benzene rings is 1. The molecule has 0 fully saturated rings. The van der Waals surface area contributed by atoms with Crippen molar-refractivity contribution >= 4 is 11.3 Å². The van der Waals surface area contributed by atoms with Crippen LogP contribution < -0.4 is 10.5 Å². The molecule has 0 saturated carbocycles. The van der Waals surface area contributed by atoms with Gasteiger partial charge in [0, 0.05) is 11.6 Å². The van der Waals surface area contributed by atoms with E-state index < -0.39 is 0 Å². The predicted molar refractivity (Wildman–Crippen MR) is 77.1 cm³/mol. The van der Waals surface area contributed by atoms with Gasteiger partial charge in [-0.25, -0.2) is 0 Å². The largest absolute Gasteiger partial charge is 0.484 e. The van der Waals surface area contributed by atoms with Gasteiger partial charge in [0.25, 0.3) is 0 Å². The Labute approximate surface area is 117 Å². The molecule has 0 radical (unpaired) electrons. The maximum absolute atomic E-state index is 8.91. The summed E-state index contributed by atoms with van der Waals surface area (Å²) in [4.78, 5) is 0. The average molecular weight is 272 g/mol. The SMILES string of the molecule is CCC(N)C(Oc1cccc(C#N)c1)c1ccsc1. The molecule has 2 N–H and O–H groups in total. The van der Waals surface area contributed by atoms with Gasteiger partial charge < -0.3 is 10.5 Å². The minimum atomic E-state index is -0.176. The van der Waals surface area contributed by atoms with Crippen LogP contribution in [0, 0.1) is 11.3 Å². The molecule has 1 aromatic carbocycles. The second kappa shape index (κ2) is 6.37. The third-order valence-corrected chi connectivity index (χ3v) is 3.66. The van der Waals surface area contributed by atoms with Crippen LogP contribution in [0.25, 0.3) is 0 Å². The molecular weight excluding hydrogens is 256 g/mol. The van der Waals surface area contributed by atoms with E-state index in [9.17, 15) is 0 Å². The van der Waals surface area contributed by atoms with E-state index in [1.165, 1.54) is 0 Å². The summed E-state index contributed by atoms with van der Waals surface area (Å²) >= 11 is 1.63. The van der Waals surface area contributed by atoms with E-state index in [1.807, 2.05) is 35.9 Å². The van der Waals surface area contributed by atoms with Crippen LogP contribution in [0.1, 0.15) is 30.6 Å². The molecule has 0 aliphatic rings. The van der Waals surface area contributed by atoms with Crippen molar-refractivity contribution in [3.8, 4) is 11.8 Å². The smallest absolute Gasteiger partial charge is 0.140 e. The second-order valence-electron chi connectivity index (χ2n) is 4.31. The molecular formula is C15H16N2OS. The van der Waals surface area contributed by atoms with Gasteiger partial charge in [0.2, 0.25) is 0 Å². The molecule has 0 spiro atoms. The molecule has 3 nitrogen and oxygen atoms in total. The lowest BCUT2D eigenvalue weighted by Crippen LogP contribution is -2.31. The first kappa shape index (κ1) is 13.6. The molecule has 2 aromatic rings. The molecule has 0 amide bonds. The number of hydrogen-bond donors (Lipinski definition) is 1. The van der Waals surface area contributed by atoms with Crippen LogP contribution in [0.2, 0.25) is 0 Å². The van der Waals surface area contributed by atoms with Gasteiger partial charge in [-0.1, -0.05) is 13.0 Å². The van der Waals surface area contributed by atoms with Crippen molar-refractivity contribution in [1.29, 1.82) is 5.26 Å². The Morgan fingerprint density at radius 2 is 2.26 bits per heavy atom. The monoisotopic (exact) mass is 272 g/mol. The lowest BCUT2D eigenvalue weighted by Gasteiger charge is -2.23. The third-order valence-electron chi connectivity index (χ3n) is 2.96. The van der Waals surface area contributed by atoms with Gasteiger partial charge in [-0.05, 0) is 41.4 Å². The third kappa shape index (κ3) is 3.34. The lowest BCUT2D eigenvalue weighted by molar-refractivity contribution is 0.171. The predicted octanol–water partition coefficient (Wildman–Crippen LogP) is 3.48. The van der Waals surface area contributed by atoms with Crippen molar-refractivity contribution in [2.24, 2.45) is 5.73 Å². The molecule has 2 rings (SSSR count). The molecule has 2 atom stereocenters. The van der Waals surface area contributed by atoms with E-state index in [4.69, 9.17) is 15.7 Å². The summed E-state index contributed by atoms with van der Waals surface area (Å²) in [5.74, 6) is 0.680. The van der Waals surface area contributed by atoms with Gasteiger partial charge in [0.05, 0.1) is 11.6 Å². The summed E-state index contributed by atoms with van der Waals surface area (Å²) in [6.45, 7) is 2.04. The minimum absolute atomic E-state index is 0.0691. The molecule has 1 aromatic heterocycles. The number of ether oxygens (including phenoxy) is 1. The van der Waals surface area contributed by atoms with E-state index >= 15 is 0 Å². The van der Waals surface area contributed by atoms with Gasteiger partial charge >= 0.3 is 0 Å². The first-order chi connectivity index (χ1) is 9.24. The summed E-state index contributed by atoms with van der Waals surface area (Å²) in [5.41, 5.74) is 7.82. The normalized spacial score (nSPS) is 13.5. The minimum Gasteiger partial charge on any atom is -0.484 e. The Bertz CT molecular complexity index is 560. The van der Waals surface area contributed by atoms with E-state index in [1.54, 1.807) is 23.5 Å². The molecule has 19 heavy (non-hydrogen) atoms. The highest BCUT2D eigenvalue weighted by Gasteiger charge is 2.21. The fourth-order valence-electron chi connectivity index (χ4n) is 1.84. The van der Waals surface area contributed by atoms with Crippen molar-refractivity contribution in [3.63, 3.8) is 0 Å². The zero-order valence-corrected chi connectivity index (χ0v) is 11.6. The number of thiophene rings is 1. The fourth-order valence-corrected chi connectivity index (χ4v) is 2.52. The molecule has 0 aliphatic heterocycles. The number of hydrogen-bond acceptors (Lipinski definition) is 4. The highest BCUT2D eigenvalue weighted by atomic mass is 32.1. The quantitative estimate of drug-likeness (QED) is 0.906. The van der Waals surface area contributed by atoms with Crippen LogP contribution in [-0.2, 0) is 0 Å². The van der Waals surface area contributed by atoms with E-state index in [2.05, 4.69) is 6.07 Å². The lowest BCUT2D eigenvalue weighted by atomic mass is 10.0. The molecule has 4 heteroatoms. The number of rotatable bonds is 5. The van der Waals surface area contributed by atoms with Crippen molar-refractivity contribution < 1.29 is 4.74 Å². The molecule has 2 unspecified atom stereocenters. The zero-order valence-electron chi connectivity index (χ0n) is 10.7. The zero-order chi connectivity index (χ0) is 13.7. The van der Waals surface area contributed by atoms with Gasteiger partial charge in [-0.2, -0.15) is 16.6 Å². The topological polar surface area (TPSA) is 59.0 Å². The summed E-state index contributed by atoms with van der Waals surface area (Å²) in [5, 5.41) is 13.0. The van der Waals surface area contributed by atoms with Gasteiger partial charge in [-0.15, -0.1) is 0 Å². The molecule has 0 bridgehead atoms. The summed E-state index contributed by atoms with van der Waals surface area (Å²) in [6.07, 6.45) is 0.656. The van der Waals surface area contributed by atoms with Crippen molar-refractivity contribution in [3.05, 3.63) is 52.2 Å². The maximum atomic E-state index is 8.91. The summed E-state index contributed by atoms with van der Waals surface area (Å²) in [7, 11) is 0. The number of nitrogens with zero attached hydrogens (tertiary/aromatic N) is 1. The van der Waals surface area contributed by atoms with Crippen LogP contribution in [0.5, 0.6) is 5.75 Å². The molecule has 98 valence electrons. The maximum Gasteiger partial charge on any atom is 0.140 e. The van der Waals surface area contributed by atoms with Crippen molar-refractivity contribution in [1.82, 2.24) is 0 Å². The van der Waals surface area contributed by atoms with Crippen molar-refractivity contribution in [2.45, 2.75) is 25.5 Å². The standard InChI is InChI=1S/C15H16N2OS/c1-2-14(17)15(12-6-7-19-10-12)18-13-5-3-4-11(8-13)9-16/h3-8,10,14-15H,2,17H2,1H3. The van der Waals surface area contributed by atoms with Crippen LogP contribution in [0.4, 0.5) is 0 Å². The van der Waals surface area contributed by atoms with Crippen molar-refractivity contribution in [2.75, 3.05) is 0 Å². The summed E-state index contributed by atoms with van der Waals surface area (Å²) in [6, 6.07) is 11.2. The van der Waals surface area contributed by atoms with Gasteiger partial charge in [-0.3, -0.25) is 0 Å².